The van der Waals surface area contributed by atoms with Crippen molar-refractivity contribution < 1.29 is 9.53 Å². The summed E-state index contributed by atoms with van der Waals surface area (Å²) in [5.74, 6) is 0.915. The van der Waals surface area contributed by atoms with E-state index in [9.17, 15) is 4.79 Å². The van der Waals surface area contributed by atoms with Crippen LogP contribution in [0.1, 0.15) is 5.82 Å². The van der Waals surface area contributed by atoms with Crippen LogP contribution < -0.4 is 10.1 Å². The molecule has 1 N–H and O–H groups in total. The van der Waals surface area contributed by atoms with Crippen molar-refractivity contribution in [1.29, 1.82) is 0 Å². The molecule has 3 aromatic rings. The summed E-state index contributed by atoms with van der Waals surface area (Å²) in [5, 5.41) is 7.61. The van der Waals surface area contributed by atoms with Crippen LogP contribution in [0.25, 0.3) is 0 Å². The van der Waals surface area contributed by atoms with E-state index in [2.05, 4.69) is 10.4 Å². The topological polar surface area (TPSA) is 66.0 Å². The van der Waals surface area contributed by atoms with E-state index in [1.807, 2.05) is 31.5 Å². The number of ether oxygens (including phenoxy) is 1. The number of nitrogens with one attached hydrogen (secondary N) is 1. The zero-order valence-electron chi connectivity index (χ0n) is 13.6. The predicted molar refractivity (Wildman–Crippen MR) is 97.6 cm³/mol. The SMILES string of the molecule is COc1ccc(Cl)cc1NC(=O)Cn1nc(C)n(-n2cccc2)c1=S. The molecule has 0 aliphatic heterocycles. The molecule has 130 valence electrons. The van der Waals surface area contributed by atoms with Crippen molar-refractivity contribution in [1.82, 2.24) is 19.1 Å². The Balaban J connectivity index is 1.82. The highest BCUT2D eigenvalue weighted by atomic mass is 35.5. The molecule has 25 heavy (non-hydrogen) atoms. The largest absolute Gasteiger partial charge is 0.495 e. The molecule has 0 aliphatic carbocycles. The van der Waals surface area contributed by atoms with Crippen LogP contribution in [0.4, 0.5) is 5.69 Å². The Labute approximate surface area is 154 Å². The van der Waals surface area contributed by atoms with E-state index in [1.54, 1.807) is 27.6 Å². The van der Waals surface area contributed by atoms with Crippen LogP contribution in [0.3, 0.4) is 0 Å². The second kappa shape index (κ2) is 7.12. The van der Waals surface area contributed by atoms with Crippen molar-refractivity contribution in [2.45, 2.75) is 13.5 Å². The number of methoxy groups -OCH3 is 1. The first-order valence-electron chi connectivity index (χ1n) is 7.43. The smallest absolute Gasteiger partial charge is 0.246 e. The number of aryl methyl sites for hydroxylation is 1. The van der Waals surface area contributed by atoms with Gasteiger partial charge in [0.15, 0.2) is 0 Å². The van der Waals surface area contributed by atoms with Gasteiger partial charge in [0.2, 0.25) is 10.7 Å². The number of hydrogen-bond donors (Lipinski definition) is 1. The molecule has 0 spiro atoms. The van der Waals surface area contributed by atoms with Gasteiger partial charge in [0.25, 0.3) is 0 Å². The van der Waals surface area contributed by atoms with E-state index in [-0.39, 0.29) is 12.5 Å². The molecule has 0 saturated heterocycles. The number of amides is 1. The van der Waals surface area contributed by atoms with E-state index < -0.39 is 0 Å². The maximum absolute atomic E-state index is 12.4. The van der Waals surface area contributed by atoms with Crippen molar-refractivity contribution >= 4 is 35.4 Å². The van der Waals surface area contributed by atoms with E-state index in [1.165, 1.54) is 11.8 Å². The second-order valence-corrected chi connectivity index (χ2v) is 6.06. The van der Waals surface area contributed by atoms with Gasteiger partial charge in [0.1, 0.15) is 18.1 Å². The molecular formula is C16H16ClN5O2S. The third kappa shape index (κ3) is 3.59. The highest BCUT2D eigenvalue weighted by molar-refractivity contribution is 7.71. The average Bonchev–Trinajstić information content (AvgIpc) is 3.16. The summed E-state index contributed by atoms with van der Waals surface area (Å²) in [7, 11) is 1.52. The minimum Gasteiger partial charge on any atom is -0.495 e. The highest BCUT2D eigenvalue weighted by Crippen LogP contribution is 2.27. The standard InChI is InChI=1S/C16H16ClN5O2S/c1-11-19-21(16(25)22(11)20-7-3-4-8-20)10-15(23)18-13-9-12(17)5-6-14(13)24-2/h3-9H,10H2,1-2H3,(H,18,23). The molecule has 0 aliphatic rings. The Kier molecular flexibility index (Phi) is 4.91. The van der Waals surface area contributed by atoms with Crippen LogP contribution in [0.15, 0.2) is 42.7 Å². The Morgan fingerprint density at radius 1 is 1.36 bits per heavy atom. The second-order valence-electron chi connectivity index (χ2n) is 5.26. The lowest BCUT2D eigenvalue weighted by molar-refractivity contribution is -0.116. The Morgan fingerprint density at radius 2 is 2.08 bits per heavy atom. The zero-order valence-corrected chi connectivity index (χ0v) is 15.2. The molecule has 2 aromatic heterocycles. The minimum absolute atomic E-state index is 0.0242. The zero-order chi connectivity index (χ0) is 18.0. The van der Waals surface area contributed by atoms with Crippen molar-refractivity contribution in [2.75, 3.05) is 12.4 Å². The monoisotopic (exact) mass is 377 g/mol. The quantitative estimate of drug-likeness (QED) is 0.694. The van der Waals surface area contributed by atoms with Gasteiger partial charge in [-0.05, 0) is 49.5 Å². The van der Waals surface area contributed by atoms with E-state index >= 15 is 0 Å². The molecule has 0 saturated carbocycles. The van der Waals surface area contributed by atoms with Gasteiger partial charge in [-0.1, -0.05) is 11.6 Å². The molecule has 0 fully saturated rings. The third-order valence-electron chi connectivity index (χ3n) is 3.52. The first-order valence-corrected chi connectivity index (χ1v) is 8.21. The molecule has 3 rings (SSSR count). The molecule has 0 unspecified atom stereocenters. The number of benzene rings is 1. The maximum Gasteiger partial charge on any atom is 0.246 e. The number of rotatable bonds is 5. The van der Waals surface area contributed by atoms with Crippen molar-refractivity contribution in [3.8, 4) is 5.75 Å². The van der Waals surface area contributed by atoms with Gasteiger partial charge in [-0.2, -0.15) is 5.10 Å². The van der Waals surface area contributed by atoms with Crippen LogP contribution in [0.5, 0.6) is 5.75 Å². The van der Waals surface area contributed by atoms with Crippen molar-refractivity contribution in [3.63, 3.8) is 0 Å². The normalized spacial score (nSPS) is 10.7. The molecule has 2 heterocycles. The molecule has 0 radical (unpaired) electrons. The lowest BCUT2D eigenvalue weighted by Crippen LogP contribution is -2.20. The number of carbonyl (C=O) groups excluding carboxylic acids is 1. The Morgan fingerprint density at radius 3 is 2.76 bits per heavy atom. The van der Waals surface area contributed by atoms with Crippen LogP contribution in [-0.4, -0.2) is 32.1 Å². The van der Waals surface area contributed by atoms with Gasteiger partial charge in [-0.25, -0.2) is 9.36 Å². The minimum atomic E-state index is -0.283. The van der Waals surface area contributed by atoms with Crippen molar-refractivity contribution in [2.24, 2.45) is 0 Å². The predicted octanol–water partition coefficient (Wildman–Crippen LogP) is 3.14. The molecule has 1 aromatic carbocycles. The van der Waals surface area contributed by atoms with Crippen LogP contribution >= 0.6 is 23.8 Å². The summed E-state index contributed by atoms with van der Waals surface area (Å²) in [5.41, 5.74) is 0.494. The summed E-state index contributed by atoms with van der Waals surface area (Å²) in [6.07, 6.45) is 3.71. The van der Waals surface area contributed by atoms with Gasteiger partial charge in [0, 0.05) is 17.4 Å². The summed E-state index contributed by atoms with van der Waals surface area (Å²) >= 11 is 11.4. The number of carbonyl (C=O) groups is 1. The van der Waals surface area contributed by atoms with Gasteiger partial charge in [0.05, 0.1) is 12.8 Å². The fourth-order valence-electron chi connectivity index (χ4n) is 2.44. The van der Waals surface area contributed by atoms with Crippen LogP contribution in [0, 0.1) is 11.7 Å². The summed E-state index contributed by atoms with van der Waals surface area (Å²) in [6, 6.07) is 8.78. The van der Waals surface area contributed by atoms with Crippen LogP contribution in [-0.2, 0) is 11.3 Å². The van der Waals surface area contributed by atoms with Gasteiger partial charge >= 0.3 is 0 Å². The lowest BCUT2D eigenvalue weighted by atomic mass is 10.3. The number of aromatic nitrogens is 4. The van der Waals surface area contributed by atoms with Gasteiger partial charge in [-0.15, -0.1) is 0 Å². The fourth-order valence-corrected chi connectivity index (χ4v) is 2.94. The summed E-state index contributed by atoms with van der Waals surface area (Å²) < 4.78 is 10.7. The van der Waals surface area contributed by atoms with Crippen LogP contribution in [0.2, 0.25) is 5.02 Å². The van der Waals surface area contributed by atoms with E-state index in [4.69, 9.17) is 28.6 Å². The summed E-state index contributed by atoms with van der Waals surface area (Å²) in [6.45, 7) is 1.80. The number of hydrogen-bond acceptors (Lipinski definition) is 4. The summed E-state index contributed by atoms with van der Waals surface area (Å²) in [4.78, 5) is 12.4. The average molecular weight is 378 g/mol. The lowest BCUT2D eigenvalue weighted by Gasteiger charge is -2.10. The molecule has 0 atom stereocenters. The van der Waals surface area contributed by atoms with Crippen molar-refractivity contribution in [3.05, 3.63) is 58.3 Å². The number of nitrogens with zero attached hydrogens (tertiary/aromatic N) is 4. The fraction of sp³-hybridized carbons (Fsp3) is 0.188. The first kappa shape index (κ1) is 17.2. The molecular weight excluding hydrogens is 362 g/mol. The van der Waals surface area contributed by atoms with E-state index in [0.29, 0.717) is 27.1 Å². The molecule has 0 bridgehead atoms. The number of anilines is 1. The van der Waals surface area contributed by atoms with Gasteiger partial charge in [-0.3, -0.25) is 9.47 Å². The highest BCUT2D eigenvalue weighted by Gasteiger charge is 2.13. The number of halogens is 1. The Bertz CT molecular complexity index is 962. The molecule has 7 nitrogen and oxygen atoms in total. The molecule has 9 heteroatoms. The maximum atomic E-state index is 12.4. The first-order chi connectivity index (χ1) is 12.0. The van der Waals surface area contributed by atoms with E-state index in [0.717, 1.165) is 0 Å². The molecule has 1 amide bonds. The third-order valence-corrected chi connectivity index (χ3v) is 4.14. The Hall–Kier alpha value is -2.58. The van der Waals surface area contributed by atoms with Gasteiger partial charge < -0.3 is 10.1 Å².